The van der Waals surface area contributed by atoms with Gasteiger partial charge in [-0.15, -0.1) is 0 Å². The maximum absolute atomic E-state index is 13.4. The summed E-state index contributed by atoms with van der Waals surface area (Å²) >= 11 is 5.95. The average molecular weight is 477 g/mol. The summed E-state index contributed by atoms with van der Waals surface area (Å²) in [6.07, 6.45) is 1.31. The van der Waals surface area contributed by atoms with Gasteiger partial charge in [0.25, 0.3) is 0 Å². The zero-order chi connectivity index (χ0) is 24.0. The van der Waals surface area contributed by atoms with Crippen molar-refractivity contribution in [3.8, 4) is 22.6 Å². The van der Waals surface area contributed by atoms with Gasteiger partial charge < -0.3 is 19.0 Å². The van der Waals surface area contributed by atoms with Gasteiger partial charge in [0.2, 0.25) is 5.43 Å². The number of carbonyl (C=O) groups is 2. The van der Waals surface area contributed by atoms with Crippen LogP contribution in [0, 0.1) is 0 Å². The van der Waals surface area contributed by atoms with Crippen LogP contribution in [0.15, 0.2) is 70.1 Å². The second kappa shape index (κ2) is 8.35. The molecule has 0 spiro atoms. The number of phenolic OH excluding ortho intramolecular Hbond substituents is 1. The summed E-state index contributed by atoms with van der Waals surface area (Å²) in [7, 11) is 1.29. The van der Waals surface area contributed by atoms with Crippen LogP contribution in [0.2, 0.25) is 5.02 Å². The van der Waals surface area contributed by atoms with Crippen LogP contribution in [0.25, 0.3) is 22.1 Å². The first-order chi connectivity index (χ1) is 16.4. The number of rotatable bonds is 3. The third-order valence-electron chi connectivity index (χ3n) is 5.86. The molecule has 0 saturated carbocycles. The van der Waals surface area contributed by atoms with E-state index in [4.69, 9.17) is 25.5 Å². The van der Waals surface area contributed by atoms with Gasteiger partial charge in [-0.1, -0.05) is 35.9 Å². The maximum atomic E-state index is 13.4. The third-order valence-corrected chi connectivity index (χ3v) is 6.11. The normalized spacial score (nSPS) is 15.0. The van der Waals surface area contributed by atoms with Gasteiger partial charge in [-0.3, -0.25) is 9.59 Å². The molecule has 1 aromatic heterocycles. The van der Waals surface area contributed by atoms with Gasteiger partial charge in [-0.25, -0.2) is 4.79 Å². The maximum Gasteiger partial charge on any atom is 0.337 e. The summed E-state index contributed by atoms with van der Waals surface area (Å²) in [4.78, 5) is 37.5. The standard InChI is InChI=1S/C26H17ClO7/c1-32-26(31)15-4-2-13(3-5-15)17-10-21(29)34-20-11-19(28)23-24(30)18(12-33-25(23)22(17)20)14-6-8-16(27)9-7-14/h2-9,11-12,17,28H,10H2,1H3/t17-/m1/s1. The zero-order valence-corrected chi connectivity index (χ0v) is 18.6. The molecule has 170 valence electrons. The van der Waals surface area contributed by atoms with Gasteiger partial charge in [-0.2, -0.15) is 0 Å². The lowest BCUT2D eigenvalue weighted by molar-refractivity contribution is -0.135. The molecule has 0 unspecified atom stereocenters. The van der Waals surface area contributed by atoms with E-state index in [2.05, 4.69) is 0 Å². The number of carbonyl (C=O) groups excluding carboxylic acids is 2. The van der Waals surface area contributed by atoms with Gasteiger partial charge in [0, 0.05) is 22.6 Å². The van der Waals surface area contributed by atoms with Crippen molar-refractivity contribution in [3.05, 3.63) is 92.8 Å². The number of aromatic hydroxyl groups is 1. The molecule has 0 fully saturated rings. The van der Waals surface area contributed by atoms with Gasteiger partial charge in [0.05, 0.1) is 24.7 Å². The zero-order valence-electron chi connectivity index (χ0n) is 17.8. The number of hydrogen-bond acceptors (Lipinski definition) is 7. The molecular weight excluding hydrogens is 460 g/mol. The van der Waals surface area contributed by atoms with E-state index in [1.807, 2.05) is 0 Å². The Labute approximate surface area is 198 Å². The van der Waals surface area contributed by atoms with Crippen molar-refractivity contribution in [2.45, 2.75) is 12.3 Å². The first-order valence-corrected chi connectivity index (χ1v) is 10.7. The Morgan fingerprint density at radius 1 is 1.09 bits per heavy atom. The predicted molar refractivity (Wildman–Crippen MR) is 124 cm³/mol. The van der Waals surface area contributed by atoms with E-state index in [1.54, 1.807) is 48.5 Å². The van der Waals surface area contributed by atoms with Crippen LogP contribution in [-0.2, 0) is 9.53 Å². The predicted octanol–water partition coefficient (Wildman–Crippen LogP) is 5.05. The van der Waals surface area contributed by atoms with Crippen molar-refractivity contribution in [1.82, 2.24) is 0 Å². The highest BCUT2D eigenvalue weighted by Crippen LogP contribution is 2.45. The minimum atomic E-state index is -0.518. The number of phenols is 1. The molecule has 5 rings (SSSR count). The van der Waals surface area contributed by atoms with E-state index in [0.717, 1.165) is 0 Å². The van der Waals surface area contributed by atoms with Crippen LogP contribution >= 0.6 is 11.6 Å². The molecule has 0 aliphatic carbocycles. The minimum absolute atomic E-state index is 0.00685. The molecule has 0 amide bonds. The van der Waals surface area contributed by atoms with Crippen molar-refractivity contribution in [3.63, 3.8) is 0 Å². The highest BCUT2D eigenvalue weighted by atomic mass is 35.5. The van der Waals surface area contributed by atoms with Crippen LogP contribution in [0.1, 0.15) is 33.8 Å². The molecule has 3 aromatic carbocycles. The Balaban J connectivity index is 1.70. The first kappa shape index (κ1) is 21.7. The molecule has 1 atom stereocenters. The molecule has 8 heteroatoms. The van der Waals surface area contributed by atoms with Crippen molar-refractivity contribution < 1.29 is 28.6 Å². The number of halogens is 1. The lowest BCUT2D eigenvalue weighted by Gasteiger charge is -2.26. The Morgan fingerprint density at radius 3 is 2.47 bits per heavy atom. The number of ether oxygens (including phenoxy) is 2. The van der Waals surface area contributed by atoms with Crippen molar-refractivity contribution in [1.29, 1.82) is 0 Å². The quantitative estimate of drug-likeness (QED) is 0.326. The Kier molecular flexibility index (Phi) is 5.34. The van der Waals surface area contributed by atoms with E-state index in [0.29, 0.717) is 27.3 Å². The van der Waals surface area contributed by atoms with Crippen LogP contribution in [0.3, 0.4) is 0 Å². The van der Waals surface area contributed by atoms with Crippen molar-refractivity contribution in [2.75, 3.05) is 7.11 Å². The van der Waals surface area contributed by atoms with Crippen LogP contribution in [0.5, 0.6) is 11.5 Å². The molecular formula is C26H17ClO7. The highest BCUT2D eigenvalue weighted by Gasteiger charge is 2.33. The lowest BCUT2D eigenvalue weighted by atomic mass is 9.84. The average Bonchev–Trinajstić information content (AvgIpc) is 2.83. The molecule has 0 radical (unpaired) electrons. The number of fused-ring (bicyclic) bond motifs is 3. The molecule has 0 bridgehead atoms. The number of methoxy groups -OCH3 is 1. The molecule has 1 aliphatic rings. The SMILES string of the molecule is COC(=O)c1ccc([C@H]2CC(=O)Oc3cc(O)c4c(=O)c(-c5ccc(Cl)cc5)coc4c32)cc1. The van der Waals surface area contributed by atoms with Gasteiger partial charge in [0.15, 0.2) is 0 Å². The van der Waals surface area contributed by atoms with Crippen LogP contribution in [0.4, 0.5) is 0 Å². The molecule has 4 aromatic rings. The Hall–Kier alpha value is -4.10. The van der Waals surface area contributed by atoms with Crippen LogP contribution in [-0.4, -0.2) is 24.2 Å². The monoisotopic (exact) mass is 476 g/mol. The lowest BCUT2D eigenvalue weighted by Crippen LogP contribution is -2.22. The van der Waals surface area contributed by atoms with E-state index >= 15 is 0 Å². The Bertz CT molecular complexity index is 1500. The summed E-state index contributed by atoms with van der Waals surface area (Å²) in [5.74, 6) is -1.73. The molecule has 1 aliphatic heterocycles. The fraction of sp³-hybridized carbons (Fsp3) is 0.115. The summed E-state index contributed by atoms with van der Waals surface area (Å²) in [6, 6.07) is 14.5. The highest BCUT2D eigenvalue weighted by molar-refractivity contribution is 6.30. The van der Waals surface area contributed by atoms with Crippen molar-refractivity contribution in [2.24, 2.45) is 0 Å². The molecule has 1 N–H and O–H groups in total. The fourth-order valence-corrected chi connectivity index (χ4v) is 4.34. The Morgan fingerprint density at radius 2 is 1.79 bits per heavy atom. The smallest absolute Gasteiger partial charge is 0.337 e. The molecule has 34 heavy (non-hydrogen) atoms. The molecule has 0 saturated heterocycles. The summed E-state index contributed by atoms with van der Waals surface area (Å²) in [5.41, 5.74) is 2.08. The largest absolute Gasteiger partial charge is 0.507 e. The summed E-state index contributed by atoms with van der Waals surface area (Å²) in [5, 5.41) is 11.2. The third kappa shape index (κ3) is 3.60. The molecule has 7 nitrogen and oxygen atoms in total. The van der Waals surface area contributed by atoms with E-state index in [1.165, 1.54) is 19.4 Å². The summed E-state index contributed by atoms with van der Waals surface area (Å²) < 4.78 is 16.0. The van der Waals surface area contributed by atoms with Gasteiger partial charge >= 0.3 is 11.9 Å². The first-order valence-electron chi connectivity index (χ1n) is 10.3. The number of benzene rings is 3. The summed E-state index contributed by atoms with van der Waals surface area (Å²) in [6.45, 7) is 0. The topological polar surface area (TPSA) is 103 Å². The second-order valence-corrected chi connectivity index (χ2v) is 8.28. The van der Waals surface area contributed by atoms with E-state index in [-0.39, 0.29) is 34.5 Å². The second-order valence-electron chi connectivity index (χ2n) is 7.84. The van der Waals surface area contributed by atoms with Gasteiger partial charge in [0.1, 0.15) is 28.7 Å². The van der Waals surface area contributed by atoms with Crippen LogP contribution < -0.4 is 10.2 Å². The minimum Gasteiger partial charge on any atom is -0.507 e. The number of hydrogen-bond donors (Lipinski definition) is 1. The van der Waals surface area contributed by atoms with Gasteiger partial charge in [-0.05, 0) is 35.4 Å². The fourth-order valence-electron chi connectivity index (χ4n) is 4.21. The van der Waals surface area contributed by atoms with Crippen molar-refractivity contribution >= 4 is 34.5 Å². The van der Waals surface area contributed by atoms with E-state index < -0.39 is 23.3 Å². The number of esters is 2. The molecule has 2 heterocycles. The van der Waals surface area contributed by atoms with E-state index in [9.17, 15) is 19.5 Å².